The molecule has 2 N–H and O–H groups in total. The summed E-state index contributed by atoms with van der Waals surface area (Å²) in [6.45, 7) is 6.00. The van der Waals surface area contributed by atoms with Gasteiger partial charge in [-0.3, -0.25) is 9.59 Å². The zero-order valence-corrected chi connectivity index (χ0v) is 16.4. The number of nitrogens with one attached hydrogen (secondary N) is 2. The maximum Gasteiger partial charge on any atom is 0.222 e. The van der Waals surface area contributed by atoms with Gasteiger partial charge in [0.2, 0.25) is 11.8 Å². The van der Waals surface area contributed by atoms with Gasteiger partial charge in [0, 0.05) is 11.8 Å². The molecule has 2 amide bonds. The summed E-state index contributed by atoms with van der Waals surface area (Å²) in [5, 5.41) is 8.05. The van der Waals surface area contributed by atoms with E-state index in [1.165, 1.54) is 18.1 Å². The van der Waals surface area contributed by atoms with Crippen molar-refractivity contribution in [2.75, 3.05) is 0 Å². The molecule has 0 bridgehead atoms. The molecule has 1 aromatic carbocycles. The lowest BCUT2D eigenvalue weighted by Gasteiger charge is -2.37. The summed E-state index contributed by atoms with van der Waals surface area (Å²) in [4.78, 5) is 25.2. The maximum atomic E-state index is 12.7. The molecule has 26 heavy (non-hydrogen) atoms. The van der Waals surface area contributed by atoms with Gasteiger partial charge < -0.3 is 10.6 Å². The molecule has 0 spiro atoms. The molecule has 0 fully saturated rings. The molecule has 5 heteroatoms. The quantitative estimate of drug-likeness (QED) is 0.827. The Morgan fingerprint density at radius 1 is 1.23 bits per heavy atom. The Bertz CT molecular complexity index is 783. The van der Waals surface area contributed by atoms with Gasteiger partial charge in [0.05, 0.1) is 18.5 Å². The van der Waals surface area contributed by atoms with Crippen LogP contribution in [-0.2, 0) is 15.0 Å². The average Bonchev–Trinajstić information content (AvgIpc) is 3.11. The highest BCUT2D eigenvalue weighted by Crippen LogP contribution is 2.41. The molecule has 1 aliphatic rings. The van der Waals surface area contributed by atoms with E-state index < -0.39 is 0 Å². The van der Waals surface area contributed by atoms with Crippen LogP contribution in [-0.4, -0.2) is 11.8 Å². The predicted octanol–water partition coefficient (Wildman–Crippen LogP) is 4.24. The molecule has 138 valence electrons. The SMILES string of the molecule is CC(=O)N[C@H](CC(=O)N[C@H]1CCC(C)(C)c2ccccc21)c1cccs1. The number of thiophene rings is 1. The van der Waals surface area contributed by atoms with E-state index in [0.29, 0.717) is 0 Å². The Labute approximate surface area is 159 Å². The van der Waals surface area contributed by atoms with Gasteiger partial charge in [-0.2, -0.15) is 0 Å². The molecule has 0 saturated heterocycles. The second-order valence-electron chi connectivity index (χ2n) is 7.60. The molecular weight excluding hydrogens is 344 g/mol. The molecule has 1 aromatic heterocycles. The Morgan fingerprint density at radius 3 is 2.69 bits per heavy atom. The van der Waals surface area contributed by atoms with Crippen LogP contribution in [0.5, 0.6) is 0 Å². The topological polar surface area (TPSA) is 58.2 Å². The van der Waals surface area contributed by atoms with Crippen molar-refractivity contribution in [3.8, 4) is 0 Å². The maximum absolute atomic E-state index is 12.7. The highest BCUT2D eigenvalue weighted by molar-refractivity contribution is 7.10. The molecule has 2 aromatic rings. The molecule has 0 aliphatic heterocycles. The summed E-state index contributed by atoms with van der Waals surface area (Å²) in [7, 11) is 0. The van der Waals surface area contributed by atoms with Gasteiger partial charge in [-0.05, 0) is 40.8 Å². The number of hydrogen-bond acceptors (Lipinski definition) is 3. The van der Waals surface area contributed by atoms with Crippen LogP contribution in [0.25, 0.3) is 0 Å². The number of benzene rings is 1. The number of amides is 2. The van der Waals surface area contributed by atoms with Gasteiger partial charge in [0.25, 0.3) is 0 Å². The largest absolute Gasteiger partial charge is 0.349 e. The molecule has 4 nitrogen and oxygen atoms in total. The molecule has 0 unspecified atom stereocenters. The third-order valence-electron chi connectivity index (χ3n) is 5.11. The van der Waals surface area contributed by atoms with Gasteiger partial charge >= 0.3 is 0 Å². The third kappa shape index (κ3) is 4.15. The number of hydrogen-bond donors (Lipinski definition) is 2. The van der Waals surface area contributed by atoms with Crippen LogP contribution in [0.3, 0.4) is 0 Å². The first-order chi connectivity index (χ1) is 12.4. The van der Waals surface area contributed by atoms with Crippen LogP contribution in [0, 0.1) is 0 Å². The van der Waals surface area contributed by atoms with Gasteiger partial charge in [-0.1, -0.05) is 44.2 Å². The first kappa shape index (κ1) is 18.6. The van der Waals surface area contributed by atoms with E-state index in [-0.39, 0.29) is 35.7 Å². The summed E-state index contributed by atoms with van der Waals surface area (Å²) < 4.78 is 0. The van der Waals surface area contributed by atoms with Gasteiger partial charge in [0.15, 0.2) is 0 Å². The first-order valence-electron chi connectivity index (χ1n) is 9.06. The molecular formula is C21H26N2O2S. The lowest BCUT2D eigenvalue weighted by molar-refractivity contribution is -0.123. The van der Waals surface area contributed by atoms with E-state index in [1.54, 1.807) is 11.3 Å². The lowest BCUT2D eigenvalue weighted by Crippen LogP contribution is -2.37. The van der Waals surface area contributed by atoms with Crippen molar-refractivity contribution < 1.29 is 9.59 Å². The molecule has 1 aliphatic carbocycles. The van der Waals surface area contributed by atoms with Crippen LogP contribution in [0.2, 0.25) is 0 Å². The third-order valence-corrected chi connectivity index (χ3v) is 6.10. The number of fused-ring (bicyclic) bond motifs is 1. The van der Waals surface area contributed by atoms with Crippen LogP contribution in [0.1, 0.15) is 68.1 Å². The number of carbonyl (C=O) groups excluding carboxylic acids is 2. The normalized spacial score (nSPS) is 19.3. The number of carbonyl (C=O) groups is 2. The zero-order chi connectivity index (χ0) is 18.7. The van der Waals surface area contributed by atoms with E-state index in [9.17, 15) is 9.59 Å². The molecule has 3 rings (SSSR count). The molecule has 2 atom stereocenters. The van der Waals surface area contributed by atoms with Crippen molar-refractivity contribution in [2.45, 2.75) is 57.5 Å². The Hall–Kier alpha value is -2.14. The number of rotatable bonds is 5. The van der Waals surface area contributed by atoms with Crippen molar-refractivity contribution in [1.29, 1.82) is 0 Å². The summed E-state index contributed by atoms with van der Waals surface area (Å²) in [6.07, 6.45) is 2.22. The van der Waals surface area contributed by atoms with Crippen molar-refractivity contribution >= 4 is 23.2 Å². The Kier molecular flexibility index (Phi) is 5.47. The van der Waals surface area contributed by atoms with Crippen molar-refractivity contribution in [3.05, 3.63) is 57.8 Å². The summed E-state index contributed by atoms with van der Waals surface area (Å²) >= 11 is 1.55. The van der Waals surface area contributed by atoms with E-state index in [0.717, 1.165) is 17.7 Å². The predicted molar refractivity (Wildman–Crippen MR) is 105 cm³/mol. The van der Waals surface area contributed by atoms with Crippen molar-refractivity contribution in [1.82, 2.24) is 10.6 Å². The van der Waals surface area contributed by atoms with E-state index in [4.69, 9.17) is 0 Å². The van der Waals surface area contributed by atoms with E-state index in [1.807, 2.05) is 23.6 Å². The molecule has 0 saturated carbocycles. The van der Waals surface area contributed by atoms with Gasteiger partial charge in [-0.15, -0.1) is 11.3 Å². The van der Waals surface area contributed by atoms with E-state index >= 15 is 0 Å². The Balaban J connectivity index is 1.72. The Morgan fingerprint density at radius 2 is 2.00 bits per heavy atom. The van der Waals surface area contributed by atoms with Crippen LogP contribution in [0.15, 0.2) is 41.8 Å². The van der Waals surface area contributed by atoms with Crippen LogP contribution in [0.4, 0.5) is 0 Å². The van der Waals surface area contributed by atoms with Crippen molar-refractivity contribution in [2.24, 2.45) is 0 Å². The fourth-order valence-electron chi connectivity index (χ4n) is 3.76. The average molecular weight is 371 g/mol. The van der Waals surface area contributed by atoms with Gasteiger partial charge in [-0.25, -0.2) is 0 Å². The summed E-state index contributed by atoms with van der Waals surface area (Å²) in [5.41, 5.74) is 2.66. The second-order valence-corrected chi connectivity index (χ2v) is 8.58. The minimum Gasteiger partial charge on any atom is -0.349 e. The zero-order valence-electron chi connectivity index (χ0n) is 15.5. The fraction of sp³-hybridized carbons (Fsp3) is 0.429. The minimum atomic E-state index is -0.275. The highest BCUT2D eigenvalue weighted by Gasteiger charge is 2.33. The standard InChI is InChI=1S/C21H26N2O2S/c1-14(24)22-18(19-9-6-12-26-19)13-20(25)23-17-10-11-21(2,3)16-8-5-4-7-15(16)17/h4-9,12,17-18H,10-11,13H2,1-3H3,(H,22,24)(H,23,25)/t17-,18+/m0/s1. The summed E-state index contributed by atoms with van der Waals surface area (Å²) in [6, 6.07) is 12.0. The van der Waals surface area contributed by atoms with Crippen molar-refractivity contribution in [3.63, 3.8) is 0 Å². The fourth-order valence-corrected chi connectivity index (χ4v) is 4.54. The highest BCUT2D eigenvalue weighted by atomic mass is 32.1. The minimum absolute atomic E-state index is 0.0309. The molecule has 0 radical (unpaired) electrons. The van der Waals surface area contributed by atoms with Crippen LogP contribution >= 0.6 is 11.3 Å². The van der Waals surface area contributed by atoms with E-state index in [2.05, 4.69) is 42.7 Å². The smallest absolute Gasteiger partial charge is 0.222 e. The summed E-state index contributed by atoms with van der Waals surface area (Å²) in [5.74, 6) is -0.155. The molecule has 1 heterocycles. The second kappa shape index (κ2) is 7.62. The monoisotopic (exact) mass is 370 g/mol. The van der Waals surface area contributed by atoms with Gasteiger partial charge in [0.1, 0.15) is 0 Å². The van der Waals surface area contributed by atoms with Crippen LogP contribution < -0.4 is 10.6 Å². The first-order valence-corrected chi connectivity index (χ1v) is 9.94. The lowest BCUT2D eigenvalue weighted by atomic mass is 9.71.